The predicted octanol–water partition coefficient (Wildman–Crippen LogP) is 1.42. The third-order valence-electron chi connectivity index (χ3n) is 3.14. The number of allylic oxidation sites excluding steroid dienone is 4. The molecule has 102 valence electrons. The van der Waals surface area contributed by atoms with Crippen molar-refractivity contribution in [2.75, 3.05) is 14.2 Å². The third-order valence-corrected chi connectivity index (χ3v) is 3.14. The molecule has 1 aromatic heterocycles. The van der Waals surface area contributed by atoms with E-state index in [1.54, 1.807) is 0 Å². The van der Waals surface area contributed by atoms with E-state index in [1.165, 1.54) is 14.2 Å². The zero-order valence-corrected chi connectivity index (χ0v) is 11.2. The van der Waals surface area contributed by atoms with Gasteiger partial charge in [0.05, 0.1) is 19.6 Å². The lowest BCUT2D eigenvalue weighted by Gasteiger charge is -2.26. The molecule has 0 amide bonds. The summed E-state index contributed by atoms with van der Waals surface area (Å²) in [4.78, 5) is 12.6. The van der Waals surface area contributed by atoms with Crippen molar-refractivity contribution in [2.24, 2.45) is 15.4 Å². The fourth-order valence-electron chi connectivity index (χ4n) is 2.04. The molecule has 2 heterocycles. The molecule has 2 aliphatic rings. The maximum absolute atomic E-state index is 5.08. The van der Waals surface area contributed by atoms with E-state index in [-0.39, 0.29) is 12.0 Å². The Kier molecular flexibility index (Phi) is 2.78. The summed E-state index contributed by atoms with van der Waals surface area (Å²) in [5.74, 6) is 0.467. The van der Waals surface area contributed by atoms with Gasteiger partial charge in [-0.15, -0.1) is 15.2 Å². The minimum atomic E-state index is -0.656. The molecule has 1 aliphatic carbocycles. The molecule has 0 spiro atoms. The van der Waals surface area contributed by atoms with Crippen molar-refractivity contribution < 1.29 is 9.47 Å². The number of hydrogen-bond acceptors (Lipinski definition) is 8. The number of nitrogens with zero attached hydrogens (tertiary/aromatic N) is 6. The van der Waals surface area contributed by atoms with Crippen molar-refractivity contribution in [1.29, 1.82) is 0 Å². The molecule has 0 aromatic carbocycles. The highest BCUT2D eigenvalue weighted by atomic mass is 16.5. The van der Waals surface area contributed by atoms with E-state index < -0.39 is 5.41 Å². The molecule has 1 atom stereocenters. The van der Waals surface area contributed by atoms with Crippen LogP contribution in [0.25, 0.3) is 0 Å². The van der Waals surface area contributed by atoms with E-state index in [4.69, 9.17) is 9.47 Å². The summed E-state index contributed by atoms with van der Waals surface area (Å²) in [7, 11) is 2.97. The Hall–Kier alpha value is -2.64. The van der Waals surface area contributed by atoms with E-state index in [1.807, 2.05) is 25.2 Å². The number of rotatable bonds is 3. The second kappa shape index (κ2) is 4.48. The fraction of sp³-hybridized carbons (Fsp3) is 0.333. The van der Waals surface area contributed by atoms with Crippen LogP contribution in [0.3, 0.4) is 0 Å². The molecular weight excluding hydrogens is 260 g/mol. The first-order valence-electron chi connectivity index (χ1n) is 5.91. The van der Waals surface area contributed by atoms with Gasteiger partial charge in [-0.05, 0) is 18.2 Å². The Bertz CT molecular complexity index is 656. The number of fused-ring (bicyclic) bond motifs is 1. The minimum absolute atomic E-state index is 0.185. The molecule has 3 rings (SSSR count). The van der Waals surface area contributed by atoms with Crippen LogP contribution in [0.4, 0.5) is 0 Å². The van der Waals surface area contributed by atoms with Crippen LogP contribution in [-0.4, -0.2) is 34.9 Å². The van der Waals surface area contributed by atoms with E-state index in [0.717, 1.165) is 0 Å². The van der Waals surface area contributed by atoms with Crippen molar-refractivity contribution in [1.82, 2.24) is 15.0 Å². The van der Waals surface area contributed by atoms with Gasteiger partial charge >= 0.3 is 12.0 Å². The molecule has 8 heteroatoms. The van der Waals surface area contributed by atoms with Crippen LogP contribution >= 0.6 is 0 Å². The summed E-state index contributed by atoms with van der Waals surface area (Å²) in [6, 6.07) is 0.370. The molecule has 0 bridgehead atoms. The van der Waals surface area contributed by atoms with Crippen molar-refractivity contribution in [3.63, 3.8) is 0 Å². The summed E-state index contributed by atoms with van der Waals surface area (Å²) in [5.41, 5.74) is 0.737. The molecule has 1 unspecified atom stereocenters. The molecule has 8 nitrogen and oxygen atoms in total. The minimum Gasteiger partial charge on any atom is -0.467 e. The fourth-order valence-corrected chi connectivity index (χ4v) is 2.04. The van der Waals surface area contributed by atoms with Gasteiger partial charge in [0.15, 0.2) is 5.82 Å². The highest BCUT2D eigenvalue weighted by molar-refractivity contribution is 6.10. The smallest absolute Gasteiger partial charge is 0.322 e. The first-order valence-corrected chi connectivity index (χ1v) is 5.91. The zero-order chi connectivity index (χ0) is 14.2. The van der Waals surface area contributed by atoms with Crippen molar-refractivity contribution in [3.8, 4) is 12.0 Å². The highest BCUT2D eigenvalue weighted by Crippen LogP contribution is 2.35. The summed E-state index contributed by atoms with van der Waals surface area (Å²) in [6.07, 6.45) is 5.65. The lowest BCUT2D eigenvalue weighted by molar-refractivity contribution is 0.334. The molecule has 0 N–H and O–H groups in total. The first-order chi connectivity index (χ1) is 9.67. The Morgan fingerprint density at radius 2 is 1.75 bits per heavy atom. The standard InChI is InChI=1S/C12H12N6O2/c1-12(6-4-5-7-8(12)17-18-16-7)9-13-10(19-2)15-11(14-9)20-3/h4-6H,1-3H3. The van der Waals surface area contributed by atoms with E-state index in [9.17, 15) is 0 Å². The van der Waals surface area contributed by atoms with Gasteiger partial charge in [0.2, 0.25) is 0 Å². The van der Waals surface area contributed by atoms with Crippen LogP contribution in [0, 0.1) is 0 Å². The van der Waals surface area contributed by atoms with E-state index in [0.29, 0.717) is 17.2 Å². The Morgan fingerprint density at radius 3 is 2.40 bits per heavy atom. The number of aromatic nitrogens is 3. The molecule has 20 heavy (non-hydrogen) atoms. The van der Waals surface area contributed by atoms with Gasteiger partial charge in [0.25, 0.3) is 0 Å². The molecule has 0 saturated heterocycles. The summed E-state index contributed by atoms with van der Waals surface area (Å²) < 4.78 is 10.2. The van der Waals surface area contributed by atoms with Crippen LogP contribution in [0.1, 0.15) is 12.7 Å². The lowest BCUT2D eigenvalue weighted by Crippen LogP contribution is -2.34. The van der Waals surface area contributed by atoms with Crippen molar-refractivity contribution in [3.05, 3.63) is 29.7 Å². The summed E-state index contributed by atoms with van der Waals surface area (Å²) in [6.45, 7) is 1.93. The molecule has 1 aliphatic heterocycles. The average Bonchev–Trinajstić information content (AvgIpc) is 2.97. The third kappa shape index (κ3) is 1.77. The largest absolute Gasteiger partial charge is 0.467 e. The molecule has 1 aromatic rings. The second-order valence-electron chi connectivity index (χ2n) is 4.38. The first kappa shape index (κ1) is 12.4. The van der Waals surface area contributed by atoms with Crippen LogP contribution in [0.15, 0.2) is 39.4 Å². The predicted molar refractivity (Wildman–Crippen MR) is 69.8 cm³/mol. The normalized spacial score (nSPS) is 23.1. The topological polar surface area (TPSA) is 94.2 Å². The molecule has 0 saturated carbocycles. The zero-order valence-electron chi connectivity index (χ0n) is 11.2. The van der Waals surface area contributed by atoms with Gasteiger partial charge in [-0.3, -0.25) is 0 Å². The van der Waals surface area contributed by atoms with Crippen LogP contribution < -0.4 is 9.47 Å². The van der Waals surface area contributed by atoms with Gasteiger partial charge in [-0.2, -0.15) is 9.97 Å². The second-order valence-corrected chi connectivity index (χ2v) is 4.38. The monoisotopic (exact) mass is 272 g/mol. The Balaban J connectivity index is 2.13. The van der Waals surface area contributed by atoms with Crippen LogP contribution in [0.5, 0.6) is 12.0 Å². The number of methoxy groups -OCH3 is 2. The van der Waals surface area contributed by atoms with Gasteiger partial charge in [0.1, 0.15) is 11.4 Å². The van der Waals surface area contributed by atoms with Crippen molar-refractivity contribution in [2.45, 2.75) is 12.3 Å². The maximum atomic E-state index is 5.08. The SMILES string of the molecule is COc1nc(OC)nc(C2(C)C=CC=C3N=NN=C32)n1. The molecule has 0 radical (unpaired) electrons. The number of ether oxygens (including phenoxy) is 2. The highest BCUT2D eigenvalue weighted by Gasteiger charge is 2.40. The molecule has 0 fully saturated rings. The van der Waals surface area contributed by atoms with Crippen LogP contribution in [0.2, 0.25) is 0 Å². The van der Waals surface area contributed by atoms with E-state index in [2.05, 4.69) is 30.4 Å². The quantitative estimate of drug-likeness (QED) is 0.829. The molecular formula is C12H12N6O2. The van der Waals surface area contributed by atoms with Gasteiger partial charge in [-0.25, -0.2) is 0 Å². The van der Waals surface area contributed by atoms with Gasteiger partial charge < -0.3 is 9.47 Å². The lowest BCUT2D eigenvalue weighted by atomic mass is 9.79. The van der Waals surface area contributed by atoms with Gasteiger partial charge in [0, 0.05) is 0 Å². The number of hydrogen-bond donors (Lipinski definition) is 0. The maximum Gasteiger partial charge on any atom is 0.322 e. The Morgan fingerprint density at radius 1 is 1.05 bits per heavy atom. The summed E-state index contributed by atoms with van der Waals surface area (Å²) in [5, 5.41) is 11.7. The van der Waals surface area contributed by atoms with Gasteiger partial charge in [-0.1, -0.05) is 12.2 Å². The van der Waals surface area contributed by atoms with E-state index >= 15 is 0 Å². The summed E-state index contributed by atoms with van der Waals surface area (Å²) >= 11 is 0. The average molecular weight is 272 g/mol. The van der Waals surface area contributed by atoms with Crippen LogP contribution in [-0.2, 0) is 5.41 Å². The Labute approximate surface area is 115 Å². The van der Waals surface area contributed by atoms with Crippen molar-refractivity contribution >= 4 is 5.71 Å².